The Morgan fingerprint density at radius 2 is 1.88 bits per heavy atom. The molecule has 0 spiro atoms. The van der Waals surface area contributed by atoms with Gasteiger partial charge >= 0.3 is 5.97 Å². The average molecular weight is 260 g/mol. The Balaban J connectivity index is 3.59. The molecule has 0 saturated carbocycles. The summed E-state index contributed by atoms with van der Waals surface area (Å²) in [5.74, 6) is 0.886. The Morgan fingerprint density at radius 3 is 2.47 bits per heavy atom. The topological polar surface area (TPSA) is 26.3 Å². The minimum absolute atomic E-state index is 0.0208. The van der Waals surface area contributed by atoms with Crippen molar-refractivity contribution >= 4 is 18.6 Å². The van der Waals surface area contributed by atoms with Gasteiger partial charge in [0.2, 0.25) is 0 Å². The number of hydrogen-bond donors (Lipinski definition) is 1. The lowest BCUT2D eigenvalue weighted by atomic mass is 10.1. The van der Waals surface area contributed by atoms with Gasteiger partial charge < -0.3 is 4.74 Å². The van der Waals surface area contributed by atoms with E-state index in [1.54, 1.807) is 0 Å². The van der Waals surface area contributed by atoms with Gasteiger partial charge in [0, 0.05) is 6.42 Å². The molecule has 0 saturated heterocycles. The number of rotatable bonds is 11. The monoisotopic (exact) mass is 260 g/mol. The number of unbranched alkanes of at least 4 members (excludes halogenated alkanes) is 4. The highest BCUT2D eigenvalue weighted by Crippen LogP contribution is 2.12. The second-order valence-corrected chi connectivity index (χ2v) is 5.00. The molecule has 0 aromatic rings. The van der Waals surface area contributed by atoms with Gasteiger partial charge in [-0.15, -0.1) is 0 Å². The van der Waals surface area contributed by atoms with Crippen molar-refractivity contribution in [3.63, 3.8) is 0 Å². The Labute approximate surface area is 112 Å². The van der Waals surface area contributed by atoms with Crippen molar-refractivity contribution in [2.75, 3.05) is 5.75 Å². The lowest BCUT2D eigenvalue weighted by molar-refractivity contribution is -0.149. The second kappa shape index (κ2) is 12.3. The summed E-state index contributed by atoms with van der Waals surface area (Å²) in [6, 6.07) is 0. The molecule has 0 rings (SSSR count). The third-order valence-electron chi connectivity index (χ3n) is 2.92. The third-order valence-corrected chi connectivity index (χ3v) is 3.24. The predicted molar refractivity (Wildman–Crippen MR) is 76.6 cm³/mol. The highest BCUT2D eigenvalue weighted by Gasteiger charge is 2.11. The molecule has 0 fully saturated rings. The van der Waals surface area contributed by atoms with Crippen molar-refractivity contribution in [1.82, 2.24) is 0 Å². The van der Waals surface area contributed by atoms with E-state index in [9.17, 15) is 4.79 Å². The van der Waals surface area contributed by atoms with Crippen LogP contribution in [0.15, 0.2) is 0 Å². The third kappa shape index (κ3) is 10.7. The standard InChI is InChI=1S/C14H28O2S/c1-3-5-7-10-13(4-2)16-14(15)11-8-6-9-12-17/h13,17H,3-12H2,1-2H3. The zero-order valence-corrected chi connectivity index (χ0v) is 12.3. The molecule has 0 aromatic carbocycles. The maximum absolute atomic E-state index is 11.6. The van der Waals surface area contributed by atoms with E-state index in [1.807, 2.05) is 0 Å². The minimum Gasteiger partial charge on any atom is -0.462 e. The second-order valence-electron chi connectivity index (χ2n) is 4.55. The van der Waals surface area contributed by atoms with Crippen molar-refractivity contribution < 1.29 is 9.53 Å². The fourth-order valence-electron chi connectivity index (χ4n) is 1.77. The molecule has 0 amide bonds. The van der Waals surface area contributed by atoms with E-state index in [2.05, 4.69) is 26.5 Å². The Hall–Kier alpha value is -0.180. The van der Waals surface area contributed by atoms with E-state index in [1.165, 1.54) is 19.3 Å². The van der Waals surface area contributed by atoms with Crippen LogP contribution in [-0.4, -0.2) is 17.8 Å². The first-order chi connectivity index (χ1) is 8.24. The summed E-state index contributed by atoms with van der Waals surface area (Å²) in [5, 5.41) is 0. The SMILES string of the molecule is CCCCCC(CC)OC(=O)CCCCCS. The summed E-state index contributed by atoms with van der Waals surface area (Å²) in [6.07, 6.45) is 9.38. The van der Waals surface area contributed by atoms with Gasteiger partial charge in [-0.05, 0) is 37.9 Å². The molecule has 0 heterocycles. The lowest BCUT2D eigenvalue weighted by Crippen LogP contribution is -2.17. The number of esters is 1. The molecule has 0 N–H and O–H groups in total. The summed E-state index contributed by atoms with van der Waals surface area (Å²) >= 11 is 4.15. The summed E-state index contributed by atoms with van der Waals surface area (Å²) in [7, 11) is 0. The largest absolute Gasteiger partial charge is 0.462 e. The molecule has 0 aliphatic rings. The first kappa shape index (κ1) is 16.8. The molecule has 1 unspecified atom stereocenters. The van der Waals surface area contributed by atoms with Crippen LogP contribution in [0.1, 0.15) is 71.6 Å². The van der Waals surface area contributed by atoms with Crippen LogP contribution in [0.4, 0.5) is 0 Å². The highest BCUT2D eigenvalue weighted by atomic mass is 32.1. The molecule has 0 aromatic heterocycles. The van der Waals surface area contributed by atoms with Crippen molar-refractivity contribution in [3.05, 3.63) is 0 Å². The summed E-state index contributed by atoms with van der Waals surface area (Å²) in [5.41, 5.74) is 0. The highest BCUT2D eigenvalue weighted by molar-refractivity contribution is 7.80. The van der Waals surface area contributed by atoms with E-state index in [0.29, 0.717) is 6.42 Å². The van der Waals surface area contributed by atoms with Gasteiger partial charge in [0.1, 0.15) is 6.10 Å². The van der Waals surface area contributed by atoms with E-state index in [4.69, 9.17) is 4.74 Å². The van der Waals surface area contributed by atoms with Gasteiger partial charge in [0.15, 0.2) is 0 Å². The van der Waals surface area contributed by atoms with Crippen LogP contribution in [0.2, 0.25) is 0 Å². The Kier molecular flexibility index (Phi) is 12.2. The first-order valence-corrected chi connectivity index (χ1v) is 7.68. The molecule has 0 aliphatic heterocycles. The van der Waals surface area contributed by atoms with Crippen molar-refractivity contribution in [2.45, 2.75) is 77.7 Å². The fourth-order valence-corrected chi connectivity index (χ4v) is 1.99. The summed E-state index contributed by atoms with van der Waals surface area (Å²) in [4.78, 5) is 11.6. The van der Waals surface area contributed by atoms with E-state index < -0.39 is 0 Å². The van der Waals surface area contributed by atoms with Crippen molar-refractivity contribution in [1.29, 1.82) is 0 Å². The van der Waals surface area contributed by atoms with Crippen LogP contribution in [0.5, 0.6) is 0 Å². The van der Waals surface area contributed by atoms with E-state index in [0.717, 1.165) is 37.9 Å². The molecule has 17 heavy (non-hydrogen) atoms. The Morgan fingerprint density at radius 1 is 1.12 bits per heavy atom. The average Bonchev–Trinajstić information content (AvgIpc) is 2.33. The van der Waals surface area contributed by atoms with Crippen molar-refractivity contribution in [3.8, 4) is 0 Å². The number of carbonyl (C=O) groups excluding carboxylic acids is 1. The van der Waals surface area contributed by atoms with Gasteiger partial charge in [-0.3, -0.25) is 4.79 Å². The smallest absolute Gasteiger partial charge is 0.306 e. The Bertz CT molecular complexity index is 183. The molecular formula is C14H28O2S. The van der Waals surface area contributed by atoms with Crippen LogP contribution in [0.3, 0.4) is 0 Å². The molecule has 0 radical (unpaired) electrons. The maximum Gasteiger partial charge on any atom is 0.306 e. The summed E-state index contributed by atoms with van der Waals surface area (Å²) < 4.78 is 5.47. The van der Waals surface area contributed by atoms with E-state index in [-0.39, 0.29) is 12.1 Å². The van der Waals surface area contributed by atoms with E-state index >= 15 is 0 Å². The molecule has 102 valence electrons. The van der Waals surface area contributed by atoms with Gasteiger partial charge in [-0.25, -0.2) is 0 Å². The van der Waals surface area contributed by atoms with Crippen LogP contribution in [-0.2, 0) is 9.53 Å². The predicted octanol–water partition coefficient (Wildman–Crippen LogP) is 4.38. The first-order valence-electron chi connectivity index (χ1n) is 7.04. The number of carbonyl (C=O) groups is 1. The fraction of sp³-hybridized carbons (Fsp3) is 0.929. The van der Waals surface area contributed by atoms with Crippen LogP contribution >= 0.6 is 12.6 Å². The quantitative estimate of drug-likeness (QED) is 0.339. The van der Waals surface area contributed by atoms with Crippen molar-refractivity contribution in [2.24, 2.45) is 0 Å². The normalized spacial score (nSPS) is 12.4. The molecule has 0 bridgehead atoms. The number of ether oxygens (including phenoxy) is 1. The maximum atomic E-state index is 11.6. The number of hydrogen-bond acceptors (Lipinski definition) is 3. The lowest BCUT2D eigenvalue weighted by Gasteiger charge is -2.15. The van der Waals surface area contributed by atoms with Crippen LogP contribution < -0.4 is 0 Å². The van der Waals surface area contributed by atoms with Gasteiger partial charge in [0.25, 0.3) is 0 Å². The zero-order chi connectivity index (χ0) is 12.9. The van der Waals surface area contributed by atoms with Gasteiger partial charge in [-0.1, -0.05) is 33.1 Å². The minimum atomic E-state index is -0.0208. The summed E-state index contributed by atoms with van der Waals surface area (Å²) in [6.45, 7) is 4.28. The molecular weight excluding hydrogens is 232 g/mol. The molecule has 2 nitrogen and oxygen atoms in total. The van der Waals surface area contributed by atoms with Crippen LogP contribution in [0.25, 0.3) is 0 Å². The van der Waals surface area contributed by atoms with Gasteiger partial charge in [-0.2, -0.15) is 12.6 Å². The zero-order valence-electron chi connectivity index (χ0n) is 11.4. The van der Waals surface area contributed by atoms with Gasteiger partial charge in [0.05, 0.1) is 0 Å². The molecule has 0 aliphatic carbocycles. The molecule has 3 heteroatoms. The molecule has 1 atom stereocenters. The van der Waals surface area contributed by atoms with Crippen LogP contribution in [0, 0.1) is 0 Å². The number of thiol groups is 1.